The van der Waals surface area contributed by atoms with E-state index in [0.717, 1.165) is 30.5 Å². The molecule has 2 heterocycles. The Labute approximate surface area is 158 Å². The van der Waals surface area contributed by atoms with Crippen LogP contribution in [0.4, 0.5) is 0 Å². The molecule has 0 radical (unpaired) electrons. The molecular formula is C20H25N3O2S. The molecule has 1 aromatic heterocycles. The second-order valence-electron chi connectivity index (χ2n) is 7.07. The maximum absolute atomic E-state index is 5.53. The first-order chi connectivity index (χ1) is 12.7. The van der Waals surface area contributed by atoms with Gasteiger partial charge in [-0.2, -0.15) is 0 Å². The van der Waals surface area contributed by atoms with Crippen LogP contribution in [0, 0.1) is 0 Å². The van der Waals surface area contributed by atoms with E-state index in [1.807, 2.05) is 13.1 Å². The van der Waals surface area contributed by atoms with Crippen molar-refractivity contribution in [3.63, 3.8) is 0 Å². The number of guanidine groups is 1. The Morgan fingerprint density at radius 2 is 2.08 bits per heavy atom. The molecule has 1 aliphatic heterocycles. The lowest BCUT2D eigenvalue weighted by molar-refractivity contribution is 0.174. The van der Waals surface area contributed by atoms with E-state index >= 15 is 0 Å². The molecule has 1 aliphatic carbocycles. The number of ether oxygens (including phenoxy) is 2. The zero-order valence-corrected chi connectivity index (χ0v) is 16.1. The van der Waals surface area contributed by atoms with E-state index < -0.39 is 0 Å². The van der Waals surface area contributed by atoms with Gasteiger partial charge < -0.3 is 20.1 Å². The Morgan fingerprint density at radius 3 is 2.81 bits per heavy atom. The summed E-state index contributed by atoms with van der Waals surface area (Å²) >= 11 is 1.80. The molecule has 2 aliphatic rings. The van der Waals surface area contributed by atoms with Crippen LogP contribution in [-0.2, 0) is 5.41 Å². The smallest absolute Gasteiger partial charge is 0.231 e. The van der Waals surface area contributed by atoms with Gasteiger partial charge in [-0.25, -0.2) is 0 Å². The molecule has 0 amide bonds. The lowest BCUT2D eigenvalue weighted by atomic mass is 9.95. The van der Waals surface area contributed by atoms with Gasteiger partial charge in [0.05, 0.1) is 0 Å². The minimum atomic E-state index is 0.179. The number of fused-ring (bicyclic) bond motifs is 1. The molecule has 6 heteroatoms. The van der Waals surface area contributed by atoms with E-state index in [4.69, 9.17) is 9.47 Å². The van der Waals surface area contributed by atoms with Crippen LogP contribution in [0.5, 0.6) is 11.5 Å². The quantitative estimate of drug-likeness (QED) is 0.603. The summed E-state index contributed by atoms with van der Waals surface area (Å²) in [5.74, 6) is 3.04. The average Bonchev–Trinajstić information content (AvgIpc) is 3.08. The first kappa shape index (κ1) is 17.2. The molecule has 2 N–H and O–H groups in total. The number of nitrogens with one attached hydrogen (secondary N) is 2. The third-order valence-electron chi connectivity index (χ3n) is 5.26. The third kappa shape index (κ3) is 3.51. The molecule has 1 unspecified atom stereocenters. The fourth-order valence-electron chi connectivity index (χ4n) is 3.34. The summed E-state index contributed by atoms with van der Waals surface area (Å²) in [6, 6.07) is 10.6. The van der Waals surface area contributed by atoms with E-state index in [1.54, 1.807) is 11.3 Å². The Bertz CT molecular complexity index is 784. The van der Waals surface area contributed by atoms with Crippen molar-refractivity contribution in [3.8, 4) is 11.5 Å². The van der Waals surface area contributed by atoms with Gasteiger partial charge >= 0.3 is 0 Å². The Kier molecular flexibility index (Phi) is 4.76. The van der Waals surface area contributed by atoms with Gasteiger partial charge in [-0.05, 0) is 42.0 Å². The second-order valence-corrected chi connectivity index (χ2v) is 8.05. The predicted octanol–water partition coefficient (Wildman–Crippen LogP) is 3.48. The maximum Gasteiger partial charge on any atom is 0.231 e. The highest BCUT2D eigenvalue weighted by atomic mass is 32.1. The lowest BCUT2D eigenvalue weighted by Gasteiger charge is -2.20. The van der Waals surface area contributed by atoms with Crippen molar-refractivity contribution in [1.82, 2.24) is 10.6 Å². The van der Waals surface area contributed by atoms with Crippen molar-refractivity contribution < 1.29 is 9.47 Å². The highest BCUT2D eigenvalue weighted by molar-refractivity contribution is 7.10. The average molecular weight is 372 g/mol. The molecule has 5 nitrogen and oxygen atoms in total. The molecule has 0 spiro atoms. The molecule has 138 valence electrons. The van der Waals surface area contributed by atoms with Crippen molar-refractivity contribution in [3.05, 3.63) is 46.2 Å². The van der Waals surface area contributed by atoms with Gasteiger partial charge in [-0.3, -0.25) is 4.99 Å². The van der Waals surface area contributed by atoms with Crippen LogP contribution in [0.2, 0.25) is 0 Å². The Hall–Kier alpha value is -2.21. The van der Waals surface area contributed by atoms with Crippen LogP contribution in [0.25, 0.3) is 0 Å². The molecule has 4 rings (SSSR count). The van der Waals surface area contributed by atoms with Crippen molar-refractivity contribution in [2.75, 3.05) is 26.9 Å². The highest BCUT2D eigenvalue weighted by Crippen LogP contribution is 2.49. The summed E-state index contributed by atoms with van der Waals surface area (Å²) < 4.78 is 11.0. The minimum absolute atomic E-state index is 0.179. The van der Waals surface area contributed by atoms with E-state index in [-0.39, 0.29) is 5.41 Å². The summed E-state index contributed by atoms with van der Waals surface area (Å²) in [4.78, 5) is 5.77. The topological polar surface area (TPSA) is 54.9 Å². The summed E-state index contributed by atoms with van der Waals surface area (Å²) in [6.45, 7) is 4.31. The first-order valence-electron chi connectivity index (χ1n) is 9.08. The summed E-state index contributed by atoms with van der Waals surface area (Å²) in [7, 11) is 1.82. The fourth-order valence-corrected chi connectivity index (χ4v) is 4.13. The van der Waals surface area contributed by atoms with Crippen LogP contribution in [-0.4, -0.2) is 32.9 Å². The van der Waals surface area contributed by atoms with E-state index in [0.29, 0.717) is 12.7 Å². The molecule has 1 aromatic carbocycles. The molecule has 0 saturated heterocycles. The number of aliphatic imine (C=N–C) groups is 1. The molecule has 2 aromatic rings. The lowest BCUT2D eigenvalue weighted by Crippen LogP contribution is -2.42. The number of hydrogen-bond donors (Lipinski definition) is 2. The van der Waals surface area contributed by atoms with Crippen LogP contribution >= 0.6 is 11.3 Å². The number of benzene rings is 1. The Balaban J connectivity index is 1.33. The molecule has 26 heavy (non-hydrogen) atoms. The van der Waals surface area contributed by atoms with Crippen LogP contribution in [0.1, 0.15) is 36.1 Å². The molecular weight excluding hydrogens is 346 g/mol. The number of rotatable bonds is 6. The van der Waals surface area contributed by atoms with Crippen molar-refractivity contribution >= 4 is 17.3 Å². The van der Waals surface area contributed by atoms with Crippen LogP contribution in [0.3, 0.4) is 0 Å². The van der Waals surface area contributed by atoms with Gasteiger partial charge in [0.15, 0.2) is 17.5 Å². The molecule has 1 fully saturated rings. The Morgan fingerprint density at radius 1 is 1.23 bits per heavy atom. The standard InChI is InChI=1S/C20H25N3O2S/c1-14(18-4-3-9-26-18)11-22-19(21-2)23-12-20(7-8-20)15-5-6-16-17(10-15)25-13-24-16/h3-6,9-10,14H,7-8,11-13H2,1-2H3,(H2,21,22,23). The predicted molar refractivity (Wildman–Crippen MR) is 106 cm³/mol. The summed E-state index contributed by atoms with van der Waals surface area (Å²) in [5.41, 5.74) is 1.49. The largest absolute Gasteiger partial charge is 0.454 e. The van der Waals surface area contributed by atoms with Gasteiger partial charge in [-0.15, -0.1) is 11.3 Å². The van der Waals surface area contributed by atoms with Gasteiger partial charge in [0.25, 0.3) is 0 Å². The maximum atomic E-state index is 5.53. The monoisotopic (exact) mass is 371 g/mol. The van der Waals surface area contributed by atoms with E-state index in [9.17, 15) is 0 Å². The van der Waals surface area contributed by atoms with Crippen molar-refractivity contribution in [1.29, 1.82) is 0 Å². The van der Waals surface area contributed by atoms with Crippen LogP contribution < -0.4 is 20.1 Å². The van der Waals surface area contributed by atoms with Gasteiger partial charge in [0.2, 0.25) is 6.79 Å². The SMILES string of the molecule is CN=C(NCC(C)c1cccs1)NCC1(c2ccc3c(c2)OCO3)CC1. The highest BCUT2D eigenvalue weighted by Gasteiger charge is 2.44. The normalized spacial score (nSPS) is 18.5. The van der Waals surface area contributed by atoms with Crippen LogP contribution in [0.15, 0.2) is 40.7 Å². The van der Waals surface area contributed by atoms with E-state index in [1.165, 1.54) is 23.3 Å². The number of nitrogens with zero attached hydrogens (tertiary/aromatic N) is 1. The fraction of sp³-hybridized carbons (Fsp3) is 0.450. The third-order valence-corrected chi connectivity index (χ3v) is 6.36. The summed E-state index contributed by atoms with van der Waals surface area (Å²) in [5, 5.41) is 9.09. The minimum Gasteiger partial charge on any atom is -0.454 e. The molecule has 0 bridgehead atoms. The van der Waals surface area contributed by atoms with E-state index in [2.05, 4.69) is 52.2 Å². The first-order valence-corrected chi connectivity index (χ1v) is 9.96. The summed E-state index contributed by atoms with van der Waals surface area (Å²) in [6.07, 6.45) is 2.37. The number of thiophene rings is 1. The molecule has 1 saturated carbocycles. The van der Waals surface area contributed by atoms with Gasteiger partial charge in [0, 0.05) is 36.3 Å². The zero-order chi connectivity index (χ0) is 18.0. The second kappa shape index (κ2) is 7.19. The molecule has 1 atom stereocenters. The van der Waals surface area contributed by atoms with Gasteiger partial charge in [0.1, 0.15) is 0 Å². The van der Waals surface area contributed by atoms with Crippen molar-refractivity contribution in [2.24, 2.45) is 4.99 Å². The van der Waals surface area contributed by atoms with Gasteiger partial charge in [-0.1, -0.05) is 19.1 Å². The zero-order valence-electron chi connectivity index (χ0n) is 15.2. The number of hydrogen-bond acceptors (Lipinski definition) is 4. The van der Waals surface area contributed by atoms with Crippen molar-refractivity contribution in [2.45, 2.75) is 31.1 Å².